The second-order valence-electron chi connectivity index (χ2n) is 5.41. The SMILES string of the molecule is Cc1cc(S(=O)(=O)N2CCCC(C(=O)O)C2)cc(C)c1F. The van der Waals surface area contributed by atoms with Crippen molar-refractivity contribution in [3.05, 3.63) is 29.1 Å². The number of hydrogen-bond acceptors (Lipinski definition) is 3. The summed E-state index contributed by atoms with van der Waals surface area (Å²) in [5.41, 5.74) is 0.528. The van der Waals surface area contributed by atoms with Gasteiger partial charge < -0.3 is 5.11 Å². The predicted octanol–water partition coefficient (Wildman–Crippen LogP) is 1.93. The number of piperidine rings is 1. The second kappa shape index (κ2) is 5.73. The molecule has 1 heterocycles. The molecule has 1 fully saturated rings. The van der Waals surface area contributed by atoms with E-state index in [1.807, 2.05) is 0 Å². The van der Waals surface area contributed by atoms with E-state index in [0.29, 0.717) is 19.4 Å². The Morgan fingerprint density at radius 1 is 1.33 bits per heavy atom. The molecule has 0 saturated carbocycles. The van der Waals surface area contributed by atoms with Gasteiger partial charge in [0.15, 0.2) is 0 Å². The fraction of sp³-hybridized carbons (Fsp3) is 0.500. The van der Waals surface area contributed by atoms with Crippen LogP contribution in [0.2, 0.25) is 0 Å². The molecule has 1 unspecified atom stereocenters. The Balaban J connectivity index is 2.36. The van der Waals surface area contributed by atoms with E-state index >= 15 is 0 Å². The van der Waals surface area contributed by atoms with Crippen LogP contribution in [-0.2, 0) is 14.8 Å². The Kier molecular flexibility index (Phi) is 4.34. The van der Waals surface area contributed by atoms with Gasteiger partial charge in [-0.3, -0.25) is 4.79 Å². The summed E-state index contributed by atoms with van der Waals surface area (Å²) >= 11 is 0. The lowest BCUT2D eigenvalue weighted by Crippen LogP contribution is -2.42. The number of aryl methyl sites for hydroxylation is 2. The first kappa shape index (κ1) is 15.9. The maximum Gasteiger partial charge on any atom is 0.307 e. The fourth-order valence-corrected chi connectivity index (χ4v) is 4.26. The highest BCUT2D eigenvalue weighted by molar-refractivity contribution is 7.89. The molecule has 2 rings (SSSR count). The molecule has 0 radical (unpaired) electrons. The number of benzene rings is 1. The Labute approximate surface area is 123 Å². The third kappa shape index (κ3) is 3.08. The zero-order valence-electron chi connectivity index (χ0n) is 12.0. The summed E-state index contributed by atoms with van der Waals surface area (Å²) in [4.78, 5) is 11.1. The van der Waals surface area contributed by atoms with Gasteiger partial charge in [0.2, 0.25) is 10.0 Å². The maximum absolute atomic E-state index is 13.6. The molecule has 0 bridgehead atoms. The van der Waals surface area contributed by atoms with E-state index in [-0.39, 0.29) is 22.6 Å². The molecule has 1 atom stereocenters. The lowest BCUT2D eigenvalue weighted by molar-refractivity contribution is -0.142. The number of carboxylic acids is 1. The smallest absolute Gasteiger partial charge is 0.307 e. The summed E-state index contributed by atoms with van der Waals surface area (Å²) in [6.45, 7) is 3.28. The van der Waals surface area contributed by atoms with Crippen molar-refractivity contribution in [2.45, 2.75) is 31.6 Å². The van der Waals surface area contributed by atoms with Crippen molar-refractivity contribution in [2.24, 2.45) is 5.92 Å². The average Bonchev–Trinajstić information content (AvgIpc) is 2.44. The quantitative estimate of drug-likeness (QED) is 0.925. The van der Waals surface area contributed by atoms with Gasteiger partial charge in [0.1, 0.15) is 5.82 Å². The molecule has 21 heavy (non-hydrogen) atoms. The third-order valence-electron chi connectivity index (χ3n) is 3.78. The Bertz CT molecular complexity index is 649. The topological polar surface area (TPSA) is 74.7 Å². The van der Waals surface area contributed by atoms with Crippen molar-refractivity contribution in [1.29, 1.82) is 0 Å². The van der Waals surface area contributed by atoms with Crippen molar-refractivity contribution in [1.82, 2.24) is 4.31 Å². The largest absolute Gasteiger partial charge is 0.481 e. The predicted molar refractivity (Wildman–Crippen MR) is 75.0 cm³/mol. The molecule has 0 amide bonds. The van der Waals surface area contributed by atoms with Crippen molar-refractivity contribution >= 4 is 16.0 Å². The Hall–Kier alpha value is -1.47. The summed E-state index contributed by atoms with van der Waals surface area (Å²) in [5, 5.41) is 9.05. The first-order chi connectivity index (χ1) is 9.73. The van der Waals surface area contributed by atoms with Gasteiger partial charge in [-0.05, 0) is 49.9 Å². The van der Waals surface area contributed by atoms with Gasteiger partial charge in [0.05, 0.1) is 10.8 Å². The van der Waals surface area contributed by atoms with E-state index in [1.54, 1.807) is 0 Å². The molecule has 0 spiro atoms. The number of hydrogen-bond donors (Lipinski definition) is 1. The molecular formula is C14H18FNO4S. The first-order valence-corrected chi connectivity index (χ1v) is 8.17. The molecule has 7 heteroatoms. The van der Waals surface area contributed by atoms with Crippen LogP contribution in [0.1, 0.15) is 24.0 Å². The minimum atomic E-state index is -3.79. The van der Waals surface area contributed by atoms with Crippen LogP contribution in [0.15, 0.2) is 17.0 Å². The first-order valence-electron chi connectivity index (χ1n) is 6.73. The fourth-order valence-electron chi connectivity index (χ4n) is 2.57. The van der Waals surface area contributed by atoms with E-state index in [1.165, 1.54) is 30.3 Å². The van der Waals surface area contributed by atoms with E-state index < -0.39 is 27.7 Å². The monoisotopic (exact) mass is 315 g/mol. The average molecular weight is 315 g/mol. The standard InChI is InChI=1S/C14H18FNO4S/c1-9-6-12(7-10(2)13(9)15)21(19,20)16-5-3-4-11(8-16)14(17)18/h6-7,11H,3-5,8H2,1-2H3,(H,17,18). The van der Waals surface area contributed by atoms with E-state index in [4.69, 9.17) is 5.11 Å². The molecule has 116 valence electrons. The third-order valence-corrected chi connectivity index (χ3v) is 5.62. The van der Waals surface area contributed by atoms with Gasteiger partial charge in [0.25, 0.3) is 0 Å². The summed E-state index contributed by atoms with van der Waals surface area (Å²) in [6.07, 6.45) is 0.984. The molecule has 5 nitrogen and oxygen atoms in total. The van der Waals surface area contributed by atoms with E-state index in [2.05, 4.69) is 0 Å². The van der Waals surface area contributed by atoms with Gasteiger partial charge in [-0.25, -0.2) is 12.8 Å². The molecule has 1 aromatic carbocycles. The van der Waals surface area contributed by atoms with Crippen molar-refractivity contribution in [3.8, 4) is 0 Å². The maximum atomic E-state index is 13.6. The summed E-state index contributed by atoms with van der Waals surface area (Å²) in [7, 11) is -3.79. The lowest BCUT2D eigenvalue weighted by atomic mass is 10.0. The minimum absolute atomic E-state index is 0.0185. The molecule has 1 aliphatic heterocycles. The van der Waals surface area contributed by atoms with Gasteiger partial charge in [0, 0.05) is 13.1 Å². The molecule has 1 aliphatic rings. The molecule has 1 aromatic rings. The zero-order chi connectivity index (χ0) is 15.8. The Morgan fingerprint density at radius 2 is 1.90 bits per heavy atom. The van der Waals surface area contributed by atoms with Gasteiger partial charge in [-0.15, -0.1) is 0 Å². The Morgan fingerprint density at radius 3 is 2.43 bits per heavy atom. The van der Waals surface area contributed by atoms with Crippen LogP contribution >= 0.6 is 0 Å². The number of carbonyl (C=O) groups is 1. The van der Waals surface area contributed by atoms with Gasteiger partial charge in [-0.1, -0.05) is 0 Å². The van der Waals surface area contributed by atoms with Gasteiger partial charge >= 0.3 is 5.97 Å². The summed E-state index contributed by atoms with van der Waals surface area (Å²) in [6, 6.07) is 2.59. The molecular weight excluding hydrogens is 297 g/mol. The highest BCUT2D eigenvalue weighted by atomic mass is 32.2. The number of carboxylic acid groups (broad SMARTS) is 1. The van der Waals surface area contributed by atoms with Crippen molar-refractivity contribution in [2.75, 3.05) is 13.1 Å². The van der Waals surface area contributed by atoms with Crippen molar-refractivity contribution < 1.29 is 22.7 Å². The zero-order valence-corrected chi connectivity index (χ0v) is 12.8. The molecule has 0 aromatic heterocycles. The molecule has 0 aliphatic carbocycles. The normalized spacial score (nSPS) is 20.4. The molecule has 1 saturated heterocycles. The van der Waals surface area contributed by atoms with Crippen LogP contribution in [0.25, 0.3) is 0 Å². The van der Waals surface area contributed by atoms with E-state index in [0.717, 1.165) is 0 Å². The van der Waals surface area contributed by atoms with E-state index in [9.17, 15) is 17.6 Å². The summed E-state index contributed by atoms with van der Waals surface area (Å²) in [5.74, 6) is -2.09. The number of rotatable bonds is 3. The van der Waals surface area contributed by atoms with Crippen LogP contribution in [0.5, 0.6) is 0 Å². The van der Waals surface area contributed by atoms with Crippen molar-refractivity contribution in [3.63, 3.8) is 0 Å². The summed E-state index contributed by atoms with van der Waals surface area (Å²) < 4.78 is 40.0. The molecule has 1 N–H and O–H groups in total. The minimum Gasteiger partial charge on any atom is -0.481 e. The highest BCUT2D eigenvalue weighted by Crippen LogP contribution is 2.26. The number of nitrogens with zero attached hydrogens (tertiary/aromatic N) is 1. The van der Waals surface area contributed by atoms with Gasteiger partial charge in [-0.2, -0.15) is 4.31 Å². The van der Waals surface area contributed by atoms with Crippen LogP contribution in [0, 0.1) is 25.6 Å². The highest BCUT2D eigenvalue weighted by Gasteiger charge is 2.33. The lowest BCUT2D eigenvalue weighted by Gasteiger charge is -2.30. The van der Waals surface area contributed by atoms with Crippen LogP contribution in [0.4, 0.5) is 4.39 Å². The van der Waals surface area contributed by atoms with Crippen LogP contribution in [-0.4, -0.2) is 36.9 Å². The number of halogens is 1. The van der Waals surface area contributed by atoms with Crippen LogP contribution < -0.4 is 0 Å². The van der Waals surface area contributed by atoms with Crippen LogP contribution in [0.3, 0.4) is 0 Å². The number of aliphatic carboxylic acids is 1. The number of sulfonamides is 1. The second-order valence-corrected chi connectivity index (χ2v) is 7.35.